The van der Waals surface area contributed by atoms with Crippen molar-refractivity contribution in [2.75, 3.05) is 5.32 Å². The predicted molar refractivity (Wildman–Crippen MR) is 71.4 cm³/mol. The topological polar surface area (TPSA) is 29.9 Å². The zero-order chi connectivity index (χ0) is 12.3. The maximum atomic E-state index is 6.07. The summed E-state index contributed by atoms with van der Waals surface area (Å²) in [5.41, 5.74) is 2.26. The second-order valence-corrected chi connectivity index (χ2v) is 4.40. The van der Waals surface area contributed by atoms with Crippen LogP contribution >= 0.6 is 11.6 Å². The van der Waals surface area contributed by atoms with Gasteiger partial charge >= 0.3 is 0 Å². The highest BCUT2D eigenvalue weighted by molar-refractivity contribution is 6.31. The van der Waals surface area contributed by atoms with Crippen molar-refractivity contribution in [2.45, 2.75) is 26.9 Å². The first kappa shape index (κ1) is 12.0. The van der Waals surface area contributed by atoms with E-state index >= 15 is 0 Å². The van der Waals surface area contributed by atoms with E-state index in [0.717, 1.165) is 35.1 Å². The summed E-state index contributed by atoms with van der Waals surface area (Å²) in [6, 6.07) is 8.06. The van der Waals surface area contributed by atoms with E-state index in [1.165, 1.54) is 0 Å². The number of aryl methyl sites for hydroxylation is 2. The van der Waals surface area contributed by atoms with Gasteiger partial charge in [-0.15, -0.1) is 0 Å². The van der Waals surface area contributed by atoms with Crippen LogP contribution < -0.4 is 5.32 Å². The van der Waals surface area contributed by atoms with E-state index in [9.17, 15) is 0 Å². The maximum Gasteiger partial charge on any atom is 0.148 e. The first-order valence-electron chi connectivity index (χ1n) is 5.71. The molecule has 0 saturated carbocycles. The zero-order valence-corrected chi connectivity index (χ0v) is 10.8. The van der Waals surface area contributed by atoms with Crippen molar-refractivity contribution in [3.05, 3.63) is 46.6 Å². The lowest BCUT2D eigenvalue weighted by atomic mass is 10.1. The maximum absolute atomic E-state index is 6.07. The Morgan fingerprint density at radius 3 is 2.82 bits per heavy atom. The summed E-state index contributed by atoms with van der Waals surface area (Å²) in [6.07, 6.45) is 1.96. The predicted octanol–water partition coefficient (Wildman–Crippen LogP) is 3.48. The molecule has 4 heteroatoms. The monoisotopic (exact) mass is 249 g/mol. The van der Waals surface area contributed by atoms with E-state index in [1.807, 2.05) is 36.0 Å². The average Bonchev–Trinajstić information content (AvgIpc) is 2.79. The highest BCUT2D eigenvalue weighted by atomic mass is 35.5. The molecule has 0 radical (unpaired) electrons. The molecule has 1 heterocycles. The number of rotatable bonds is 4. The number of aromatic nitrogens is 2. The van der Waals surface area contributed by atoms with Gasteiger partial charge < -0.3 is 5.32 Å². The lowest BCUT2D eigenvalue weighted by Crippen LogP contribution is -2.02. The quantitative estimate of drug-likeness (QED) is 0.899. The van der Waals surface area contributed by atoms with Crippen molar-refractivity contribution in [1.29, 1.82) is 0 Å². The molecule has 2 rings (SSSR count). The van der Waals surface area contributed by atoms with Crippen molar-refractivity contribution in [3.8, 4) is 0 Å². The molecule has 1 aromatic heterocycles. The van der Waals surface area contributed by atoms with E-state index < -0.39 is 0 Å². The van der Waals surface area contributed by atoms with Gasteiger partial charge in [-0.2, -0.15) is 5.10 Å². The summed E-state index contributed by atoms with van der Waals surface area (Å²) in [7, 11) is 0. The van der Waals surface area contributed by atoms with Crippen molar-refractivity contribution < 1.29 is 0 Å². The molecule has 0 saturated heterocycles. The molecule has 1 N–H and O–H groups in total. The van der Waals surface area contributed by atoms with E-state index in [2.05, 4.69) is 23.4 Å². The Bertz CT molecular complexity index is 505. The van der Waals surface area contributed by atoms with E-state index in [1.54, 1.807) is 0 Å². The van der Waals surface area contributed by atoms with Crippen LogP contribution in [-0.4, -0.2) is 9.78 Å². The largest absolute Gasteiger partial charge is 0.365 e. The summed E-state index contributed by atoms with van der Waals surface area (Å²) < 4.78 is 1.89. The van der Waals surface area contributed by atoms with E-state index in [4.69, 9.17) is 11.6 Å². The number of hydrogen-bond donors (Lipinski definition) is 1. The van der Waals surface area contributed by atoms with E-state index in [0.29, 0.717) is 0 Å². The summed E-state index contributed by atoms with van der Waals surface area (Å²) in [5, 5.41) is 8.44. The molecule has 0 unspecified atom stereocenters. The number of hydrogen-bond acceptors (Lipinski definition) is 2. The third-order valence-electron chi connectivity index (χ3n) is 2.67. The fourth-order valence-electron chi connectivity index (χ4n) is 1.57. The second-order valence-electron chi connectivity index (χ2n) is 3.99. The Morgan fingerprint density at radius 1 is 1.35 bits per heavy atom. The Morgan fingerprint density at radius 2 is 2.18 bits per heavy atom. The Balaban J connectivity index is 1.99. The minimum Gasteiger partial charge on any atom is -0.365 e. The van der Waals surface area contributed by atoms with Gasteiger partial charge in [0.2, 0.25) is 0 Å². The molecule has 0 aliphatic carbocycles. The molecule has 2 aromatic rings. The van der Waals surface area contributed by atoms with Crippen LogP contribution in [0.5, 0.6) is 0 Å². The minimum absolute atomic E-state index is 0.737. The van der Waals surface area contributed by atoms with Gasteiger partial charge in [0, 0.05) is 30.4 Å². The molecule has 0 bridgehead atoms. The Labute approximate surface area is 106 Å². The lowest BCUT2D eigenvalue weighted by Gasteiger charge is -2.05. The van der Waals surface area contributed by atoms with Crippen molar-refractivity contribution in [2.24, 2.45) is 0 Å². The molecule has 0 amide bonds. The highest BCUT2D eigenvalue weighted by Crippen LogP contribution is 2.17. The van der Waals surface area contributed by atoms with Gasteiger partial charge in [-0.05, 0) is 31.0 Å². The summed E-state index contributed by atoms with van der Waals surface area (Å²) in [6.45, 7) is 5.69. The van der Waals surface area contributed by atoms with Gasteiger partial charge in [0.15, 0.2) is 0 Å². The molecule has 0 atom stereocenters. The molecule has 0 spiro atoms. The molecule has 0 aliphatic heterocycles. The highest BCUT2D eigenvalue weighted by Gasteiger charge is 2.00. The molecule has 1 aromatic carbocycles. The normalized spacial score (nSPS) is 10.5. The summed E-state index contributed by atoms with van der Waals surface area (Å²) >= 11 is 6.07. The van der Waals surface area contributed by atoms with E-state index in [-0.39, 0.29) is 0 Å². The van der Waals surface area contributed by atoms with Gasteiger partial charge in [-0.3, -0.25) is 4.68 Å². The Kier molecular flexibility index (Phi) is 3.69. The van der Waals surface area contributed by atoms with Crippen molar-refractivity contribution in [3.63, 3.8) is 0 Å². The molecule has 3 nitrogen and oxygen atoms in total. The van der Waals surface area contributed by atoms with Crippen LogP contribution in [0.1, 0.15) is 18.1 Å². The Hall–Kier alpha value is -1.48. The first-order chi connectivity index (χ1) is 8.19. The van der Waals surface area contributed by atoms with Crippen LogP contribution in [0, 0.1) is 6.92 Å². The van der Waals surface area contributed by atoms with Gasteiger partial charge in [0.05, 0.1) is 0 Å². The molecule has 0 fully saturated rings. The van der Waals surface area contributed by atoms with Crippen LogP contribution in [0.25, 0.3) is 0 Å². The van der Waals surface area contributed by atoms with Gasteiger partial charge in [-0.1, -0.05) is 23.7 Å². The van der Waals surface area contributed by atoms with Crippen molar-refractivity contribution >= 4 is 17.4 Å². The van der Waals surface area contributed by atoms with Crippen LogP contribution in [0.3, 0.4) is 0 Å². The summed E-state index contributed by atoms with van der Waals surface area (Å²) in [4.78, 5) is 0. The second kappa shape index (κ2) is 5.23. The van der Waals surface area contributed by atoms with Crippen molar-refractivity contribution in [1.82, 2.24) is 9.78 Å². The van der Waals surface area contributed by atoms with Crippen LogP contribution in [0.2, 0.25) is 5.02 Å². The van der Waals surface area contributed by atoms with Gasteiger partial charge in [-0.25, -0.2) is 0 Å². The van der Waals surface area contributed by atoms with Crippen LogP contribution in [0.4, 0.5) is 5.82 Å². The molecule has 90 valence electrons. The standard InChI is InChI=1S/C13H16ClN3/c1-3-17-7-6-13(16-17)15-9-11-5-4-10(2)12(14)8-11/h4-8H,3,9H2,1-2H3,(H,15,16). The number of benzene rings is 1. The molecule has 17 heavy (non-hydrogen) atoms. The number of nitrogens with one attached hydrogen (secondary N) is 1. The number of nitrogens with zero attached hydrogens (tertiary/aromatic N) is 2. The number of anilines is 1. The molecule has 0 aliphatic rings. The average molecular weight is 250 g/mol. The molecular weight excluding hydrogens is 234 g/mol. The smallest absolute Gasteiger partial charge is 0.148 e. The SMILES string of the molecule is CCn1ccc(NCc2ccc(C)c(Cl)c2)n1. The fraction of sp³-hybridized carbons (Fsp3) is 0.308. The van der Waals surface area contributed by atoms with Crippen LogP contribution in [0.15, 0.2) is 30.5 Å². The third kappa shape index (κ3) is 3.01. The molecular formula is C13H16ClN3. The first-order valence-corrected chi connectivity index (χ1v) is 6.09. The lowest BCUT2D eigenvalue weighted by molar-refractivity contribution is 0.661. The van der Waals surface area contributed by atoms with Gasteiger partial charge in [0.1, 0.15) is 5.82 Å². The summed E-state index contributed by atoms with van der Waals surface area (Å²) in [5.74, 6) is 0.892. The minimum atomic E-state index is 0.737. The fourth-order valence-corrected chi connectivity index (χ4v) is 1.77. The zero-order valence-electron chi connectivity index (χ0n) is 10.1. The number of halogens is 1. The van der Waals surface area contributed by atoms with Gasteiger partial charge in [0.25, 0.3) is 0 Å². The third-order valence-corrected chi connectivity index (χ3v) is 3.08. The van der Waals surface area contributed by atoms with Crippen LogP contribution in [-0.2, 0) is 13.1 Å².